The molecule has 0 bridgehead atoms. The summed E-state index contributed by atoms with van der Waals surface area (Å²) in [6.45, 7) is 0. The predicted octanol–water partition coefficient (Wildman–Crippen LogP) is 1.89. The van der Waals surface area contributed by atoms with Gasteiger partial charge in [-0.2, -0.15) is 0 Å². The van der Waals surface area contributed by atoms with Crippen LogP contribution in [0.15, 0.2) is 18.3 Å². The number of hydrogen-bond donors (Lipinski definition) is 1. The van der Waals surface area contributed by atoms with E-state index in [1.54, 1.807) is 12.1 Å². The van der Waals surface area contributed by atoms with Crippen LogP contribution in [0.3, 0.4) is 0 Å². The highest BCUT2D eigenvalue weighted by molar-refractivity contribution is 7.99. The Bertz CT molecular complexity index is 304. The Kier molecular flexibility index (Phi) is 4.55. The van der Waals surface area contributed by atoms with Crippen LogP contribution >= 0.6 is 23.4 Å². The fraction of sp³-hybridized carbons (Fsp3) is 0.250. The van der Waals surface area contributed by atoms with Crippen LogP contribution in [0.1, 0.15) is 0 Å². The van der Waals surface area contributed by atoms with Gasteiger partial charge in [0.1, 0.15) is 5.94 Å². The molecule has 1 aromatic rings. The van der Waals surface area contributed by atoms with E-state index in [4.69, 9.17) is 21.4 Å². The van der Waals surface area contributed by atoms with Crippen molar-refractivity contribution in [2.45, 2.75) is 0 Å². The third kappa shape index (κ3) is 4.34. The Labute approximate surface area is 90.2 Å². The average molecular weight is 234 g/mol. The van der Waals surface area contributed by atoms with Gasteiger partial charge in [-0.3, -0.25) is 4.79 Å². The van der Waals surface area contributed by atoms with Crippen molar-refractivity contribution in [3.8, 4) is 5.88 Å². The second-order valence-corrected chi connectivity index (χ2v) is 3.69. The maximum absolute atomic E-state index is 10.1. The van der Waals surface area contributed by atoms with Crippen molar-refractivity contribution in [1.29, 1.82) is 0 Å². The summed E-state index contributed by atoms with van der Waals surface area (Å²) in [6, 6.07) is 3.29. The van der Waals surface area contributed by atoms with E-state index in [0.29, 0.717) is 10.9 Å². The van der Waals surface area contributed by atoms with E-state index in [1.165, 1.54) is 18.0 Å². The number of thioether (sulfide) groups is 1. The van der Waals surface area contributed by atoms with Crippen LogP contribution in [-0.4, -0.2) is 27.8 Å². The van der Waals surface area contributed by atoms with Gasteiger partial charge in [-0.1, -0.05) is 11.6 Å². The molecule has 0 aliphatic carbocycles. The first kappa shape index (κ1) is 11.1. The number of rotatable bonds is 5. The van der Waals surface area contributed by atoms with E-state index >= 15 is 0 Å². The van der Waals surface area contributed by atoms with Gasteiger partial charge >= 0.3 is 5.97 Å². The molecule has 6 heteroatoms. The molecule has 14 heavy (non-hydrogen) atoms. The lowest BCUT2D eigenvalue weighted by molar-refractivity contribution is -0.133. The molecule has 0 saturated heterocycles. The lowest BCUT2D eigenvalue weighted by atomic mass is 10.5. The zero-order valence-electron chi connectivity index (χ0n) is 7.14. The summed E-state index contributed by atoms with van der Waals surface area (Å²) in [5.74, 6) is -0.135. The Morgan fingerprint density at radius 1 is 1.64 bits per heavy atom. The minimum absolute atomic E-state index is 0.0214. The molecule has 0 unspecified atom stereocenters. The zero-order valence-corrected chi connectivity index (χ0v) is 8.72. The van der Waals surface area contributed by atoms with Crippen LogP contribution in [0.4, 0.5) is 0 Å². The van der Waals surface area contributed by atoms with Crippen LogP contribution in [0.2, 0.25) is 5.02 Å². The van der Waals surface area contributed by atoms with Gasteiger partial charge in [-0.25, -0.2) is 4.98 Å². The van der Waals surface area contributed by atoms with Crippen LogP contribution in [-0.2, 0) is 4.79 Å². The third-order valence-electron chi connectivity index (χ3n) is 1.22. The monoisotopic (exact) mass is 233 g/mol. The van der Waals surface area contributed by atoms with Crippen LogP contribution in [0.25, 0.3) is 0 Å². The topological polar surface area (TPSA) is 59.4 Å². The fourth-order valence-corrected chi connectivity index (χ4v) is 1.25. The predicted molar refractivity (Wildman–Crippen MR) is 54.8 cm³/mol. The van der Waals surface area contributed by atoms with Gasteiger partial charge < -0.3 is 9.84 Å². The van der Waals surface area contributed by atoms with Crippen LogP contribution in [0.5, 0.6) is 5.88 Å². The molecule has 1 rings (SSSR count). The van der Waals surface area contributed by atoms with Gasteiger partial charge in [0.25, 0.3) is 0 Å². The van der Waals surface area contributed by atoms with E-state index in [0.717, 1.165) is 0 Å². The Balaban J connectivity index is 2.25. The molecule has 0 radical (unpaired) electrons. The molecule has 0 aliphatic heterocycles. The van der Waals surface area contributed by atoms with Crippen molar-refractivity contribution in [3.05, 3.63) is 23.4 Å². The summed E-state index contributed by atoms with van der Waals surface area (Å²) in [4.78, 5) is 14.0. The molecule has 0 saturated carbocycles. The molecule has 0 fully saturated rings. The lowest BCUT2D eigenvalue weighted by Crippen LogP contribution is -2.02. The summed E-state index contributed by atoms with van der Waals surface area (Å²) >= 11 is 6.78. The quantitative estimate of drug-likeness (QED) is 0.622. The van der Waals surface area contributed by atoms with Crippen LogP contribution in [0, 0.1) is 0 Å². The molecule has 0 atom stereocenters. The summed E-state index contributed by atoms with van der Waals surface area (Å²) in [7, 11) is 0. The molecule has 1 heterocycles. The molecular weight excluding hydrogens is 226 g/mol. The maximum atomic E-state index is 10.1. The first-order valence-electron chi connectivity index (χ1n) is 3.72. The van der Waals surface area contributed by atoms with Crippen molar-refractivity contribution in [2.75, 3.05) is 11.7 Å². The summed E-state index contributed by atoms with van der Waals surface area (Å²) < 4.78 is 5.14. The zero-order chi connectivity index (χ0) is 10.4. The minimum Gasteiger partial charge on any atom is -0.481 e. The van der Waals surface area contributed by atoms with Crippen molar-refractivity contribution in [3.63, 3.8) is 0 Å². The smallest absolute Gasteiger partial charge is 0.313 e. The lowest BCUT2D eigenvalue weighted by Gasteiger charge is -2.02. The van der Waals surface area contributed by atoms with Gasteiger partial charge in [-0.05, 0) is 6.07 Å². The molecule has 4 nitrogen and oxygen atoms in total. The molecule has 1 N–H and O–H groups in total. The van der Waals surface area contributed by atoms with E-state index in [1.807, 2.05) is 0 Å². The van der Waals surface area contributed by atoms with E-state index in [-0.39, 0.29) is 11.7 Å². The standard InChI is InChI=1S/C8H8ClNO3S/c9-6-1-2-7(10-3-6)13-5-14-4-8(11)12/h1-3H,4-5H2,(H,11,12). The molecule has 76 valence electrons. The molecule has 1 aromatic heterocycles. The van der Waals surface area contributed by atoms with Crippen molar-refractivity contribution >= 4 is 29.3 Å². The van der Waals surface area contributed by atoms with Gasteiger partial charge in [0.2, 0.25) is 5.88 Å². The number of ether oxygens (including phenoxy) is 1. The molecule has 0 aliphatic rings. The normalized spacial score (nSPS) is 9.79. The Morgan fingerprint density at radius 3 is 3.00 bits per heavy atom. The number of nitrogens with zero attached hydrogens (tertiary/aromatic N) is 1. The average Bonchev–Trinajstić information content (AvgIpc) is 2.15. The number of aliphatic carboxylic acids is 1. The number of carboxylic acids is 1. The van der Waals surface area contributed by atoms with Crippen LogP contribution < -0.4 is 4.74 Å². The highest BCUT2D eigenvalue weighted by Gasteiger charge is 1.98. The number of hydrogen-bond acceptors (Lipinski definition) is 4. The largest absolute Gasteiger partial charge is 0.481 e. The van der Waals surface area contributed by atoms with E-state index < -0.39 is 5.97 Å². The number of halogens is 1. The van der Waals surface area contributed by atoms with Gasteiger partial charge in [0.05, 0.1) is 10.8 Å². The Morgan fingerprint density at radius 2 is 2.43 bits per heavy atom. The highest BCUT2D eigenvalue weighted by atomic mass is 35.5. The molecule has 0 aromatic carbocycles. The second kappa shape index (κ2) is 5.72. The second-order valence-electron chi connectivity index (χ2n) is 2.32. The van der Waals surface area contributed by atoms with Crippen molar-refractivity contribution in [2.24, 2.45) is 0 Å². The SMILES string of the molecule is O=C(O)CSCOc1ccc(Cl)cn1. The minimum atomic E-state index is -0.859. The molecule has 0 spiro atoms. The fourth-order valence-electron chi connectivity index (χ4n) is 0.679. The van der Waals surface area contributed by atoms with Gasteiger partial charge in [0, 0.05) is 12.3 Å². The summed E-state index contributed by atoms with van der Waals surface area (Å²) in [6.07, 6.45) is 1.47. The highest BCUT2D eigenvalue weighted by Crippen LogP contribution is 2.12. The Hall–Kier alpha value is -0.940. The first-order chi connectivity index (χ1) is 6.68. The number of carbonyl (C=O) groups is 1. The first-order valence-corrected chi connectivity index (χ1v) is 5.25. The number of aromatic nitrogens is 1. The van der Waals surface area contributed by atoms with Crippen molar-refractivity contribution in [1.82, 2.24) is 4.98 Å². The number of carboxylic acid groups (broad SMARTS) is 1. The van der Waals surface area contributed by atoms with Gasteiger partial charge in [-0.15, -0.1) is 11.8 Å². The third-order valence-corrected chi connectivity index (χ3v) is 2.18. The molecule has 0 amide bonds. The summed E-state index contributed by atoms with van der Waals surface area (Å²) in [5.41, 5.74) is 0. The van der Waals surface area contributed by atoms with E-state index in [2.05, 4.69) is 4.98 Å². The molecular formula is C8H8ClNO3S. The van der Waals surface area contributed by atoms with Crippen molar-refractivity contribution < 1.29 is 14.6 Å². The maximum Gasteiger partial charge on any atom is 0.313 e. The summed E-state index contributed by atoms with van der Waals surface area (Å²) in [5, 5.41) is 8.88. The van der Waals surface area contributed by atoms with Gasteiger partial charge in [0.15, 0.2) is 0 Å². The van der Waals surface area contributed by atoms with E-state index in [9.17, 15) is 4.79 Å². The number of pyridine rings is 1.